The number of thioether (sulfide) groups is 1. The lowest BCUT2D eigenvalue weighted by Gasteiger charge is -2.32. The first kappa shape index (κ1) is 16.7. The van der Waals surface area contributed by atoms with Crippen molar-refractivity contribution < 1.29 is 8.78 Å². The molecule has 2 nitrogen and oxygen atoms in total. The molecule has 0 atom stereocenters. The molecule has 0 aromatic heterocycles. The normalized spacial score (nSPS) is 17.5. The Balaban J connectivity index is 1.75. The summed E-state index contributed by atoms with van der Waals surface area (Å²) >= 11 is 0.608. The summed E-state index contributed by atoms with van der Waals surface area (Å²) < 4.78 is 24.5. The van der Waals surface area contributed by atoms with E-state index in [-0.39, 0.29) is 0 Å². The first-order valence-electron chi connectivity index (χ1n) is 7.58. The molecule has 118 valence electrons. The SMILES string of the molecule is CNCCC1CCN(Cc2ccc(SC(F)F)cc2)CC1. The smallest absolute Gasteiger partial charge is 0.288 e. The highest BCUT2D eigenvalue weighted by Crippen LogP contribution is 2.26. The molecule has 1 aliphatic rings. The van der Waals surface area contributed by atoms with Gasteiger partial charge in [-0.3, -0.25) is 4.90 Å². The fourth-order valence-corrected chi connectivity index (χ4v) is 3.32. The average Bonchev–Trinajstić information content (AvgIpc) is 2.48. The Morgan fingerprint density at radius 2 is 1.90 bits per heavy atom. The molecule has 2 rings (SSSR count). The van der Waals surface area contributed by atoms with Crippen LogP contribution in [0.3, 0.4) is 0 Å². The summed E-state index contributed by atoms with van der Waals surface area (Å²) in [5.41, 5.74) is 1.21. The maximum Gasteiger partial charge on any atom is 0.288 e. The molecule has 1 aliphatic heterocycles. The Kier molecular flexibility index (Phi) is 6.93. The topological polar surface area (TPSA) is 15.3 Å². The van der Waals surface area contributed by atoms with Crippen molar-refractivity contribution in [2.24, 2.45) is 5.92 Å². The molecule has 1 heterocycles. The van der Waals surface area contributed by atoms with Gasteiger partial charge in [0.2, 0.25) is 0 Å². The molecule has 0 saturated carbocycles. The van der Waals surface area contributed by atoms with Crippen molar-refractivity contribution in [1.82, 2.24) is 10.2 Å². The number of hydrogen-bond donors (Lipinski definition) is 1. The highest BCUT2D eigenvalue weighted by molar-refractivity contribution is 7.99. The van der Waals surface area contributed by atoms with Crippen molar-refractivity contribution in [3.8, 4) is 0 Å². The number of likely N-dealkylation sites (tertiary alicyclic amines) is 1. The third kappa shape index (κ3) is 5.93. The molecule has 1 N–H and O–H groups in total. The van der Waals surface area contributed by atoms with Gasteiger partial charge in [0.25, 0.3) is 5.76 Å². The zero-order chi connectivity index (χ0) is 15.1. The van der Waals surface area contributed by atoms with Crippen LogP contribution >= 0.6 is 11.8 Å². The molecule has 1 saturated heterocycles. The summed E-state index contributed by atoms with van der Waals surface area (Å²) in [5.74, 6) is -1.49. The zero-order valence-corrected chi connectivity index (χ0v) is 13.3. The summed E-state index contributed by atoms with van der Waals surface area (Å²) in [6, 6.07) is 7.53. The molecule has 0 radical (unpaired) electrons. The Morgan fingerprint density at radius 3 is 2.48 bits per heavy atom. The van der Waals surface area contributed by atoms with Crippen LogP contribution < -0.4 is 5.32 Å². The van der Waals surface area contributed by atoms with Crippen molar-refractivity contribution in [3.63, 3.8) is 0 Å². The predicted octanol–water partition coefficient (Wildman–Crippen LogP) is 3.82. The average molecular weight is 314 g/mol. The van der Waals surface area contributed by atoms with E-state index in [0.29, 0.717) is 16.7 Å². The van der Waals surface area contributed by atoms with Gasteiger partial charge in [-0.05, 0) is 69.6 Å². The summed E-state index contributed by atoms with van der Waals surface area (Å²) in [4.78, 5) is 3.10. The summed E-state index contributed by atoms with van der Waals surface area (Å²) in [5, 5.41) is 3.22. The number of hydrogen-bond acceptors (Lipinski definition) is 3. The van der Waals surface area contributed by atoms with Crippen molar-refractivity contribution in [2.45, 2.75) is 36.5 Å². The number of halogens is 2. The summed E-state index contributed by atoms with van der Waals surface area (Å²) in [6.07, 6.45) is 3.80. The predicted molar refractivity (Wildman–Crippen MR) is 84.8 cm³/mol. The second-order valence-corrected chi connectivity index (χ2v) is 6.70. The van der Waals surface area contributed by atoms with Crippen LogP contribution in [0.5, 0.6) is 0 Å². The van der Waals surface area contributed by atoms with Crippen molar-refractivity contribution >= 4 is 11.8 Å². The quantitative estimate of drug-likeness (QED) is 0.770. The minimum atomic E-state index is -2.34. The Labute approximate surface area is 130 Å². The van der Waals surface area contributed by atoms with Crippen molar-refractivity contribution in [1.29, 1.82) is 0 Å². The molecule has 5 heteroatoms. The largest absolute Gasteiger partial charge is 0.320 e. The van der Waals surface area contributed by atoms with E-state index >= 15 is 0 Å². The van der Waals surface area contributed by atoms with Crippen molar-refractivity contribution in [3.05, 3.63) is 29.8 Å². The van der Waals surface area contributed by atoms with Crippen LogP contribution in [0.1, 0.15) is 24.8 Å². The van der Waals surface area contributed by atoms with E-state index in [1.165, 1.54) is 24.8 Å². The van der Waals surface area contributed by atoms with Crippen LogP contribution in [0, 0.1) is 5.92 Å². The molecule has 0 aliphatic carbocycles. The first-order valence-corrected chi connectivity index (χ1v) is 8.46. The fraction of sp³-hybridized carbons (Fsp3) is 0.625. The van der Waals surface area contributed by atoms with Crippen LogP contribution in [0.2, 0.25) is 0 Å². The number of nitrogens with one attached hydrogen (secondary N) is 1. The van der Waals surface area contributed by atoms with Crippen LogP contribution in [-0.4, -0.2) is 37.3 Å². The molecule has 0 amide bonds. The van der Waals surface area contributed by atoms with E-state index in [2.05, 4.69) is 10.2 Å². The van der Waals surface area contributed by atoms with Gasteiger partial charge in [0.15, 0.2) is 0 Å². The van der Waals surface area contributed by atoms with Crippen LogP contribution in [-0.2, 0) is 6.54 Å². The molecule has 0 bridgehead atoms. The van der Waals surface area contributed by atoms with Gasteiger partial charge in [-0.1, -0.05) is 23.9 Å². The standard InChI is InChI=1S/C16H24F2N2S/c1-19-9-6-13-7-10-20(11-8-13)12-14-2-4-15(5-3-14)21-16(17)18/h2-5,13,16,19H,6-12H2,1H3. The molecular formula is C16H24F2N2S. The Morgan fingerprint density at radius 1 is 1.24 bits per heavy atom. The molecule has 0 unspecified atom stereocenters. The van der Waals surface area contributed by atoms with Gasteiger partial charge >= 0.3 is 0 Å². The van der Waals surface area contributed by atoms with E-state index in [1.54, 1.807) is 12.1 Å². The molecular weight excluding hydrogens is 290 g/mol. The molecule has 1 aromatic rings. The third-order valence-corrected chi connectivity index (χ3v) is 4.79. The maximum absolute atomic E-state index is 12.3. The second-order valence-electron chi connectivity index (χ2n) is 5.63. The first-order chi connectivity index (χ1) is 10.2. The summed E-state index contributed by atoms with van der Waals surface area (Å²) in [7, 11) is 2.01. The van der Waals surface area contributed by atoms with E-state index in [9.17, 15) is 8.78 Å². The maximum atomic E-state index is 12.3. The van der Waals surface area contributed by atoms with E-state index in [4.69, 9.17) is 0 Å². The van der Waals surface area contributed by atoms with Gasteiger partial charge in [0.1, 0.15) is 0 Å². The number of piperidine rings is 1. The van der Waals surface area contributed by atoms with Gasteiger partial charge in [-0.15, -0.1) is 0 Å². The van der Waals surface area contributed by atoms with E-state index in [0.717, 1.165) is 32.1 Å². The minimum absolute atomic E-state index is 0.608. The van der Waals surface area contributed by atoms with Crippen molar-refractivity contribution in [2.75, 3.05) is 26.7 Å². The Bertz CT molecular complexity index is 403. The molecule has 0 spiro atoms. The van der Waals surface area contributed by atoms with E-state index < -0.39 is 5.76 Å². The van der Waals surface area contributed by atoms with Crippen LogP contribution in [0.4, 0.5) is 8.78 Å². The summed E-state index contributed by atoms with van der Waals surface area (Å²) in [6.45, 7) is 4.32. The molecule has 21 heavy (non-hydrogen) atoms. The minimum Gasteiger partial charge on any atom is -0.320 e. The molecule has 1 fully saturated rings. The zero-order valence-electron chi connectivity index (χ0n) is 12.5. The Hall–Kier alpha value is -0.650. The number of benzene rings is 1. The molecule has 1 aromatic carbocycles. The lowest BCUT2D eigenvalue weighted by Crippen LogP contribution is -2.34. The lowest BCUT2D eigenvalue weighted by atomic mass is 9.93. The monoisotopic (exact) mass is 314 g/mol. The second kappa shape index (κ2) is 8.71. The van der Waals surface area contributed by atoms with Gasteiger partial charge in [0, 0.05) is 11.4 Å². The van der Waals surface area contributed by atoms with Gasteiger partial charge in [0.05, 0.1) is 0 Å². The highest BCUT2D eigenvalue weighted by Gasteiger charge is 2.18. The number of alkyl halides is 2. The van der Waals surface area contributed by atoms with E-state index in [1.807, 2.05) is 19.2 Å². The fourth-order valence-electron chi connectivity index (χ4n) is 2.82. The lowest BCUT2D eigenvalue weighted by molar-refractivity contribution is 0.172. The number of nitrogens with zero attached hydrogens (tertiary/aromatic N) is 1. The highest BCUT2D eigenvalue weighted by atomic mass is 32.2. The number of rotatable bonds is 7. The third-order valence-electron chi connectivity index (χ3n) is 4.06. The van der Waals surface area contributed by atoms with Gasteiger partial charge < -0.3 is 5.32 Å². The van der Waals surface area contributed by atoms with Crippen LogP contribution in [0.25, 0.3) is 0 Å². The van der Waals surface area contributed by atoms with Crippen LogP contribution in [0.15, 0.2) is 29.2 Å². The van der Waals surface area contributed by atoms with Gasteiger partial charge in [-0.2, -0.15) is 8.78 Å². The van der Waals surface area contributed by atoms with Gasteiger partial charge in [-0.25, -0.2) is 0 Å².